The van der Waals surface area contributed by atoms with Crippen LogP contribution in [0.2, 0.25) is 0 Å². The Kier molecular flexibility index (Phi) is 2.86. The van der Waals surface area contributed by atoms with Gasteiger partial charge >= 0.3 is 0 Å². The van der Waals surface area contributed by atoms with E-state index in [1.54, 1.807) is 6.33 Å². The third kappa shape index (κ3) is 2.65. The zero-order valence-corrected chi connectivity index (χ0v) is 9.35. The van der Waals surface area contributed by atoms with Gasteiger partial charge in [0.2, 0.25) is 0 Å². The standard InChI is InChI=1S/C11H18N4/c1-8(12)6-15(10-3-4-10)11-5-9(2)13-7-14-11/h5,7-8,10H,3-4,6,12H2,1-2H3. The third-order valence-corrected chi connectivity index (χ3v) is 2.56. The molecule has 2 rings (SSSR count). The van der Waals surface area contributed by atoms with Crippen LogP contribution in [0.3, 0.4) is 0 Å². The maximum atomic E-state index is 5.85. The van der Waals surface area contributed by atoms with E-state index in [0.29, 0.717) is 6.04 Å². The fourth-order valence-electron chi connectivity index (χ4n) is 1.72. The monoisotopic (exact) mass is 206 g/mol. The Morgan fingerprint density at radius 3 is 2.80 bits per heavy atom. The van der Waals surface area contributed by atoms with Gasteiger partial charge in [0.25, 0.3) is 0 Å². The van der Waals surface area contributed by atoms with Crippen LogP contribution in [-0.2, 0) is 0 Å². The van der Waals surface area contributed by atoms with E-state index in [-0.39, 0.29) is 6.04 Å². The molecule has 1 unspecified atom stereocenters. The van der Waals surface area contributed by atoms with Crippen molar-refractivity contribution >= 4 is 5.82 Å². The summed E-state index contributed by atoms with van der Waals surface area (Å²) < 4.78 is 0. The second-order valence-electron chi connectivity index (χ2n) is 4.38. The highest BCUT2D eigenvalue weighted by Crippen LogP contribution is 2.30. The molecule has 0 amide bonds. The summed E-state index contributed by atoms with van der Waals surface area (Å²) in [7, 11) is 0. The van der Waals surface area contributed by atoms with Crippen molar-refractivity contribution in [2.24, 2.45) is 5.73 Å². The largest absolute Gasteiger partial charge is 0.352 e. The van der Waals surface area contributed by atoms with Gasteiger partial charge in [0.15, 0.2) is 0 Å². The highest BCUT2D eigenvalue weighted by atomic mass is 15.2. The first-order valence-electron chi connectivity index (χ1n) is 5.47. The van der Waals surface area contributed by atoms with Crippen LogP contribution in [0.15, 0.2) is 12.4 Å². The van der Waals surface area contributed by atoms with Crippen molar-refractivity contribution in [3.63, 3.8) is 0 Å². The first kappa shape index (κ1) is 10.4. The molecule has 0 spiro atoms. The molecule has 0 aliphatic heterocycles. The van der Waals surface area contributed by atoms with Crippen LogP contribution in [0.4, 0.5) is 5.82 Å². The molecule has 1 aromatic heterocycles. The van der Waals surface area contributed by atoms with Crippen LogP contribution in [0.25, 0.3) is 0 Å². The van der Waals surface area contributed by atoms with Gasteiger partial charge in [-0.1, -0.05) is 0 Å². The Hall–Kier alpha value is -1.16. The number of rotatable bonds is 4. The van der Waals surface area contributed by atoms with Gasteiger partial charge in [0.05, 0.1) is 0 Å². The molecule has 15 heavy (non-hydrogen) atoms. The number of hydrogen-bond acceptors (Lipinski definition) is 4. The van der Waals surface area contributed by atoms with E-state index < -0.39 is 0 Å². The van der Waals surface area contributed by atoms with Gasteiger partial charge in [-0.15, -0.1) is 0 Å². The molecule has 1 aliphatic rings. The predicted octanol–water partition coefficient (Wildman–Crippen LogP) is 1.10. The third-order valence-electron chi connectivity index (χ3n) is 2.56. The summed E-state index contributed by atoms with van der Waals surface area (Å²) in [5.41, 5.74) is 6.86. The number of nitrogens with zero attached hydrogens (tertiary/aromatic N) is 3. The van der Waals surface area contributed by atoms with E-state index in [1.165, 1.54) is 12.8 Å². The maximum absolute atomic E-state index is 5.85. The van der Waals surface area contributed by atoms with E-state index in [0.717, 1.165) is 18.1 Å². The van der Waals surface area contributed by atoms with Crippen LogP contribution in [0.1, 0.15) is 25.5 Å². The second-order valence-corrected chi connectivity index (χ2v) is 4.38. The summed E-state index contributed by atoms with van der Waals surface area (Å²) in [5, 5.41) is 0. The number of anilines is 1. The van der Waals surface area contributed by atoms with Crippen LogP contribution < -0.4 is 10.6 Å². The SMILES string of the molecule is Cc1cc(N(CC(C)N)C2CC2)ncn1. The van der Waals surface area contributed by atoms with Crippen LogP contribution in [-0.4, -0.2) is 28.6 Å². The number of aryl methyl sites for hydroxylation is 1. The maximum Gasteiger partial charge on any atom is 0.132 e. The van der Waals surface area contributed by atoms with Gasteiger partial charge in [-0.25, -0.2) is 9.97 Å². The lowest BCUT2D eigenvalue weighted by molar-refractivity contribution is 0.665. The van der Waals surface area contributed by atoms with Gasteiger partial charge in [-0.05, 0) is 26.7 Å². The lowest BCUT2D eigenvalue weighted by Crippen LogP contribution is -2.37. The van der Waals surface area contributed by atoms with Gasteiger partial charge in [0.1, 0.15) is 12.1 Å². The molecule has 0 aromatic carbocycles. The van der Waals surface area contributed by atoms with Crippen LogP contribution in [0, 0.1) is 6.92 Å². The molecule has 0 radical (unpaired) electrons. The number of nitrogens with two attached hydrogens (primary N) is 1. The van der Waals surface area contributed by atoms with Gasteiger partial charge < -0.3 is 10.6 Å². The molecule has 1 aromatic rings. The summed E-state index contributed by atoms with van der Waals surface area (Å²) in [5.74, 6) is 1.02. The van der Waals surface area contributed by atoms with Crippen molar-refractivity contribution in [3.05, 3.63) is 18.1 Å². The average Bonchev–Trinajstić information content (AvgIpc) is 2.97. The van der Waals surface area contributed by atoms with E-state index >= 15 is 0 Å². The van der Waals surface area contributed by atoms with Crippen molar-refractivity contribution in [1.82, 2.24) is 9.97 Å². The van der Waals surface area contributed by atoms with Gasteiger partial charge in [-0.3, -0.25) is 0 Å². The number of aromatic nitrogens is 2. The van der Waals surface area contributed by atoms with E-state index in [2.05, 4.69) is 14.9 Å². The molecule has 2 N–H and O–H groups in total. The molecule has 4 nitrogen and oxygen atoms in total. The molecular weight excluding hydrogens is 188 g/mol. The topological polar surface area (TPSA) is 55.0 Å². The minimum Gasteiger partial charge on any atom is -0.352 e. The normalized spacial score (nSPS) is 17.5. The van der Waals surface area contributed by atoms with Crippen molar-refractivity contribution in [2.75, 3.05) is 11.4 Å². The quantitative estimate of drug-likeness (QED) is 0.801. The molecule has 1 heterocycles. The minimum absolute atomic E-state index is 0.181. The highest BCUT2D eigenvalue weighted by Gasteiger charge is 2.30. The molecule has 1 atom stereocenters. The molecule has 82 valence electrons. The summed E-state index contributed by atoms with van der Waals surface area (Å²) >= 11 is 0. The minimum atomic E-state index is 0.181. The van der Waals surface area contributed by atoms with E-state index in [1.807, 2.05) is 19.9 Å². The fraction of sp³-hybridized carbons (Fsp3) is 0.636. The van der Waals surface area contributed by atoms with Crippen molar-refractivity contribution in [3.8, 4) is 0 Å². The second kappa shape index (κ2) is 4.14. The van der Waals surface area contributed by atoms with Crippen molar-refractivity contribution in [2.45, 2.75) is 38.8 Å². The Morgan fingerprint density at radius 2 is 2.27 bits per heavy atom. The fourth-order valence-corrected chi connectivity index (χ4v) is 1.72. The zero-order chi connectivity index (χ0) is 10.8. The molecule has 1 aliphatic carbocycles. The van der Waals surface area contributed by atoms with Gasteiger partial charge in [0, 0.05) is 30.4 Å². The number of hydrogen-bond donors (Lipinski definition) is 1. The lowest BCUT2D eigenvalue weighted by Gasteiger charge is -2.25. The van der Waals surface area contributed by atoms with Gasteiger partial charge in [-0.2, -0.15) is 0 Å². The van der Waals surface area contributed by atoms with E-state index in [9.17, 15) is 0 Å². The highest BCUT2D eigenvalue weighted by molar-refractivity contribution is 5.41. The van der Waals surface area contributed by atoms with Crippen molar-refractivity contribution < 1.29 is 0 Å². The average molecular weight is 206 g/mol. The Balaban J connectivity index is 2.16. The molecule has 0 saturated heterocycles. The lowest BCUT2D eigenvalue weighted by atomic mass is 10.3. The molecule has 4 heteroatoms. The van der Waals surface area contributed by atoms with Crippen LogP contribution >= 0.6 is 0 Å². The summed E-state index contributed by atoms with van der Waals surface area (Å²) in [6, 6.07) is 2.85. The Labute approximate surface area is 90.5 Å². The first-order valence-corrected chi connectivity index (χ1v) is 5.47. The summed E-state index contributed by atoms with van der Waals surface area (Å²) in [6.07, 6.45) is 4.15. The van der Waals surface area contributed by atoms with Crippen molar-refractivity contribution in [1.29, 1.82) is 0 Å². The zero-order valence-electron chi connectivity index (χ0n) is 9.35. The smallest absolute Gasteiger partial charge is 0.132 e. The molecule has 1 fully saturated rings. The van der Waals surface area contributed by atoms with Crippen LogP contribution in [0.5, 0.6) is 0 Å². The summed E-state index contributed by atoms with van der Waals surface area (Å²) in [4.78, 5) is 10.7. The Bertz CT molecular complexity index is 333. The molecule has 1 saturated carbocycles. The molecule has 0 bridgehead atoms. The molecular formula is C11H18N4. The van der Waals surface area contributed by atoms with E-state index in [4.69, 9.17) is 5.73 Å². The Morgan fingerprint density at radius 1 is 1.53 bits per heavy atom. The predicted molar refractivity (Wildman–Crippen MR) is 60.8 cm³/mol. The summed E-state index contributed by atoms with van der Waals surface area (Å²) in [6.45, 7) is 4.90. The first-order chi connectivity index (χ1) is 7.16.